The summed E-state index contributed by atoms with van der Waals surface area (Å²) in [7, 11) is 0. The summed E-state index contributed by atoms with van der Waals surface area (Å²) in [6, 6.07) is 8.26. The van der Waals surface area contributed by atoms with Crippen molar-refractivity contribution in [1.29, 1.82) is 0 Å². The minimum Gasteiger partial charge on any atom is -0.340 e. The maximum absolute atomic E-state index is 12.7. The van der Waals surface area contributed by atoms with Crippen LogP contribution in [0.4, 0.5) is 4.39 Å². The van der Waals surface area contributed by atoms with Crippen molar-refractivity contribution in [3.8, 4) is 11.8 Å². The van der Waals surface area contributed by atoms with Gasteiger partial charge < -0.3 is 5.32 Å². The number of aromatic amines is 1. The Labute approximate surface area is 113 Å². The molecule has 2 N–H and O–H groups in total. The predicted molar refractivity (Wildman–Crippen MR) is 70.5 cm³/mol. The molecule has 0 saturated heterocycles. The largest absolute Gasteiger partial charge is 0.340 e. The number of halogens is 1. The maximum Gasteiger partial charge on any atom is 0.272 e. The Balaban J connectivity index is 1.90. The molecule has 2 aromatic rings. The third-order valence-corrected chi connectivity index (χ3v) is 2.33. The van der Waals surface area contributed by atoms with Crippen LogP contribution in [-0.2, 0) is 0 Å². The van der Waals surface area contributed by atoms with Gasteiger partial charge in [-0.15, -0.1) is 0 Å². The highest BCUT2D eigenvalue weighted by atomic mass is 19.1. The van der Waals surface area contributed by atoms with Crippen molar-refractivity contribution >= 4 is 5.91 Å². The minimum absolute atomic E-state index is 0.105. The van der Waals surface area contributed by atoms with Crippen molar-refractivity contribution in [1.82, 2.24) is 15.5 Å². The summed E-state index contributed by atoms with van der Waals surface area (Å²) in [4.78, 5) is 22.4. The fourth-order valence-electron chi connectivity index (χ4n) is 1.37. The van der Waals surface area contributed by atoms with Crippen LogP contribution in [0.25, 0.3) is 0 Å². The molecule has 0 fully saturated rings. The van der Waals surface area contributed by atoms with Crippen LogP contribution in [0.5, 0.6) is 0 Å². The highest BCUT2D eigenvalue weighted by molar-refractivity contribution is 5.92. The summed E-state index contributed by atoms with van der Waals surface area (Å²) in [5.41, 5.74) is 0.383. The third-order valence-electron chi connectivity index (χ3n) is 2.33. The fourth-order valence-corrected chi connectivity index (χ4v) is 1.37. The first-order valence-corrected chi connectivity index (χ1v) is 5.73. The first-order valence-electron chi connectivity index (χ1n) is 5.73. The minimum atomic E-state index is -0.436. The van der Waals surface area contributed by atoms with E-state index in [1.54, 1.807) is 12.1 Å². The Morgan fingerprint density at radius 3 is 2.65 bits per heavy atom. The number of aromatic nitrogens is 2. The van der Waals surface area contributed by atoms with Crippen LogP contribution in [0.3, 0.4) is 0 Å². The van der Waals surface area contributed by atoms with Gasteiger partial charge in [-0.3, -0.25) is 9.59 Å². The molecule has 1 aromatic carbocycles. The summed E-state index contributed by atoms with van der Waals surface area (Å²) >= 11 is 0. The molecule has 100 valence electrons. The number of nitrogens with zero attached hydrogens (tertiary/aromatic N) is 1. The quantitative estimate of drug-likeness (QED) is 0.789. The summed E-state index contributed by atoms with van der Waals surface area (Å²) < 4.78 is 12.7. The van der Waals surface area contributed by atoms with Crippen molar-refractivity contribution in [2.45, 2.75) is 0 Å². The van der Waals surface area contributed by atoms with Crippen LogP contribution in [0.2, 0.25) is 0 Å². The molecule has 1 aromatic heterocycles. The van der Waals surface area contributed by atoms with E-state index in [1.807, 2.05) is 0 Å². The van der Waals surface area contributed by atoms with Crippen molar-refractivity contribution < 1.29 is 9.18 Å². The van der Waals surface area contributed by atoms with Crippen molar-refractivity contribution in [3.05, 3.63) is 63.8 Å². The fraction of sp³-hybridized carbons (Fsp3) is 0.0714. The van der Waals surface area contributed by atoms with Crippen LogP contribution < -0.4 is 10.9 Å². The van der Waals surface area contributed by atoms with Gasteiger partial charge in [-0.25, -0.2) is 9.49 Å². The predicted octanol–water partition coefficient (Wildman–Crippen LogP) is 0.690. The molecule has 0 aliphatic carbocycles. The van der Waals surface area contributed by atoms with Crippen LogP contribution in [0.15, 0.2) is 41.2 Å². The lowest BCUT2D eigenvalue weighted by Gasteiger charge is -1.98. The lowest BCUT2D eigenvalue weighted by Crippen LogP contribution is -2.26. The lowest BCUT2D eigenvalue weighted by molar-refractivity contribution is 0.0952. The van der Waals surface area contributed by atoms with Crippen molar-refractivity contribution in [2.75, 3.05) is 6.54 Å². The molecule has 0 radical (unpaired) electrons. The van der Waals surface area contributed by atoms with Gasteiger partial charge in [-0.2, -0.15) is 5.10 Å². The molecule has 20 heavy (non-hydrogen) atoms. The summed E-state index contributed by atoms with van der Waals surface area (Å²) in [6.07, 6.45) is 0. The molecule has 0 unspecified atom stereocenters. The van der Waals surface area contributed by atoms with Gasteiger partial charge in [0.15, 0.2) is 0 Å². The second kappa shape index (κ2) is 6.29. The van der Waals surface area contributed by atoms with Crippen LogP contribution in [-0.4, -0.2) is 22.6 Å². The smallest absolute Gasteiger partial charge is 0.272 e. The molecule has 6 heteroatoms. The zero-order valence-electron chi connectivity index (χ0n) is 10.3. The number of hydrogen-bond acceptors (Lipinski definition) is 3. The Kier molecular flexibility index (Phi) is 4.24. The Morgan fingerprint density at radius 1 is 1.25 bits per heavy atom. The Morgan fingerprint density at radius 2 is 2.00 bits per heavy atom. The van der Waals surface area contributed by atoms with E-state index in [-0.39, 0.29) is 23.6 Å². The van der Waals surface area contributed by atoms with Gasteiger partial charge in [0.2, 0.25) is 0 Å². The molecule has 0 aliphatic heterocycles. The van der Waals surface area contributed by atoms with E-state index < -0.39 is 5.91 Å². The van der Waals surface area contributed by atoms with Gasteiger partial charge in [0.1, 0.15) is 11.5 Å². The summed E-state index contributed by atoms with van der Waals surface area (Å²) in [5.74, 6) is 4.75. The molecule has 0 spiro atoms. The number of benzene rings is 1. The maximum atomic E-state index is 12.7. The van der Waals surface area contributed by atoms with E-state index >= 15 is 0 Å². The number of carbonyl (C=O) groups excluding carboxylic acids is 1. The topological polar surface area (TPSA) is 74.8 Å². The zero-order valence-corrected chi connectivity index (χ0v) is 10.3. The van der Waals surface area contributed by atoms with E-state index in [1.165, 1.54) is 24.3 Å². The van der Waals surface area contributed by atoms with Gasteiger partial charge in [0.25, 0.3) is 11.5 Å². The summed E-state index contributed by atoms with van der Waals surface area (Å²) in [6.45, 7) is 0.122. The number of nitrogens with one attached hydrogen (secondary N) is 2. The van der Waals surface area contributed by atoms with E-state index in [4.69, 9.17) is 0 Å². The lowest BCUT2D eigenvalue weighted by atomic mass is 10.2. The van der Waals surface area contributed by atoms with E-state index in [2.05, 4.69) is 27.4 Å². The second-order valence-electron chi connectivity index (χ2n) is 3.80. The van der Waals surface area contributed by atoms with Crippen LogP contribution in [0.1, 0.15) is 16.1 Å². The van der Waals surface area contributed by atoms with Crippen LogP contribution >= 0.6 is 0 Å². The van der Waals surface area contributed by atoms with Crippen molar-refractivity contribution in [2.24, 2.45) is 0 Å². The molecular formula is C14H10FN3O2. The first kappa shape index (κ1) is 13.5. The average molecular weight is 271 g/mol. The van der Waals surface area contributed by atoms with E-state index in [0.29, 0.717) is 5.56 Å². The molecule has 0 atom stereocenters. The second-order valence-corrected chi connectivity index (χ2v) is 3.80. The third kappa shape index (κ3) is 3.78. The molecule has 0 bridgehead atoms. The first-order chi connectivity index (χ1) is 9.65. The highest BCUT2D eigenvalue weighted by Gasteiger charge is 2.04. The summed E-state index contributed by atoms with van der Waals surface area (Å²) in [5, 5.41) is 8.28. The van der Waals surface area contributed by atoms with Gasteiger partial charge in [0.05, 0.1) is 6.54 Å². The molecule has 1 heterocycles. The van der Waals surface area contributed by atoms with Gasteiger partial charge in [0, 0.05) is 11.6 Å². The average Bonchev–Trinajstić information content (AvgIpc) is 2.46. The monoisotopic (exact) mass is 271 g/mol. The Bertz CT molecular complexity index is 706. The van der Waals surface area contributed by atoms with Crippen molar-refractivity contribution in [3.63, 3.8) is 0 Å². The van der Waals surface area contributed by atoms with Gasteiger partial charge in [-0.05, 0) is 30.3 Å². The molecule has 2 rings (SSSR count). The normalized spacial score (nSPS) is 9.45. The number of carbonyl (C=O) groups is 1. The number of hydrogen-bond donors (Lipinski definition) is 2. The number of amides is 1. The molecular weight excluding hydrogens is 261 g/mol. The van der Waals surface area contributed by atoms with Gasteiger partial charge in [-0.1, -0.05) is 11.8 Å². The van der Waals surface area contributed by atoms with E-state index in [0.717, 1.165) is 0 Å². The standard InChI is InChI=1S/C14H10FN3O2/c15-11-5-3-10(4-6-11)2-1-9-16-14(20)12-7-8-13(19)18-17-12/h3-8H,9H2,(H,16,20)(H,18,19). The van der Waals surface area contributed by atoms with Gasteiger partial charge >= 0.3 is 0 Å². The molecule has 0 saturated carbocycles. The number of rotatable bonds is 2. The Hall–Kier alpha value is -2.94. The highest BCUT2D eigenvalue weighted by Crippen LogP contribution is 2.00. The SMILES string of the molecule is O=C(NCC#Cc1ccc(F)cc1)c1ccc(=O)[nH]n1. The zero-order chi connectivity index (χ0) is 14.4. The molecule has 5 nitrogen and oxygen atoms in total. The van der Waals surface area contributed by atoms with Crippen LogP contribution in [0, 0.1) is 17.7 Å². The number of H-pyrrole nitrogens is 1. The van der Waals surface area contributed by atoms with E-state index in [9.17, 15) is 14.0 Å². The molecule has 1 amide bonds. The molecule has 0 aliphatic rings.